The number of aromatic nitrogens is 2. The lowest BCUT2D eigenvalue weighted by atomic mass is 10.0. The maximum Gasteiger partial charge on any atom is 0.413 e. The van der Waals surface area contributed by atoms with E-state index in [9.17, 15) is 14.4 Å². The number of carbonyl (C=O) groups excluding carboxylic acids is 3. The van der Waals surface area contributed by atoms with E-state index in [1.54, 1.807) is 71.0 Å². The van der Waals surface area contributed by atoms with Crippen molar-refractivity contribution in [1.29, 1.82) is 0 Å². The highest BCUT2D eigenvalue weighted by Gasteiger charge is 2.25. The van der Waals surface area contributed by atoms with E-state index < -0.39 is 29.0 Å². The molecule has 3 heterocycles. The molecule has 14 heteroatoms. The average molecular weight is 765 g/mol. The zero-order chi connectivity index (χ0) is 37.7. The quantitative estimate of drug-likeness (QED) is 0.237. The third-order valence-corrected chi connectivity index (χ3v) is 6.67. The van der Waals surface area contributed by atoms with Crippen molar-refractivity contribution in [2.75, 3.05) is 36.9 Å². The van der Waals surface area contributed by atoms with Crippen molar-refractivity contribution in [3.63, 3.8) is 0 Å². The molecule has 0 unspecified atom stereocenters. The number of carbonyl (C=O) groups is 3. The zero-order valence-electron chi connectivity index (χ0n) is 31.3. The van der Waals surface area contributed by atoms with Crippen LogP contribution in [0, 0.1) is 0 Å². The summed E-state index contributed by atoms with van der Waals surface area (Å²) in [6.07, 6.45) is 6.24. The van der Waals surface area contributed by atoms with Gasteiger partial charge in [-0.05, 0) is 103 Å². The van der Waals surface area contributed by atoms with Crippen LogP contribution in [0.15, 0.2) is 35.1 Å². The second kappa shape index (κ2) is 18.8. The van der Waals surface area contributed by atoms with Crippen molar-refractivity contribution in [2.45, 2.75) is 112 Å². The van der Waals surface area contributed by atoms with Crippen molar-refractivity contribution in [3.8, 4) is 11.5 Å². The number of nitrogens with zero attached hydrogens (tertiary/aromatic N) is 3. The third-order valence-electron chi connectivity index (χ3n) is 6.07. The van der Waals surface area contributed by atoms with E-state index in [1.807, 2.05) is 40.7 Å². The predicted octanol–water partition coefficient (Wildman–Crippen LogP) is 9.22. The van der Waals surface area contributed by atoms with Crippen LogP contribution >= 0.6 is 15.9 Å². The molecule has 3 rings (SSSR count). The Balaban J connectivity index is 0.000000391. The van der Waals surface area contributed by atoms with E-state index >= 15 is 0 Å². The number of amides is 3. The largest absolute Gasteiger partial charge is 0.493 e. The molecule has 0 radical (unpaired) electrons. The standard InChI is InChI=1S/C23H35N3O5.C13H19BrN2O3/c1-8-13-29-18-14-19(25-20(27)30-22(2,3)4)24-15-17(18)16-9-11-26(12-10-16)21(28)31-23(5,6)7;1-5-6-18-10-7-11(15-8-9(10)14)16-12(17)19-13(2,3)4/h9,14-15H,8,10-13H2,1-7H3,(H,24,25,27);7-8H,5-6H2,1-4H3,(H,15,16,17). The van der Waals surface area contributed by atoms with Gasteiger partial charge in [0.2, 0.25) is 0 Å². The van der Waals surface area contributed by atoms with E-state index in [0.29, 0.717) is 55.9 Å². The van der Waals surface area contributed by atoms with Gasteiger partial charge in [0.25, 0.3) is 0 Å². The monoisotopic (exact) mass is 763 g/mol. The van der Waals surface area contributed by atoms with Crippen molar-refractivity contribution in [2.24, 2.45) is 0 Å². The van der Waals surface area contributed by atoms with Crippen molar-refractivity contribution in [1.82, 2.24) is 14.9 Å². The van der Waals surface area contributed by atoms with Gasteiger partial charge in [0.1, 0.15) is 39.9 Å². The molecule has 1 aliphatic rings. The summed E-state index contributed by atoms with van der Waals surface area (Å²) in [7, 11) is 0. The highest BCUT2D eigenvalue weighted by Crippen LogP contribution is 2.32. The third kappa shape index (κ3) is 16.1. The number of pyridine rings is 2. The zero-order valence-corrected chi connectivity index (χ0v) is 32.9. The van der Waals surface area contributed by atoms with Gasteiger partial charge in [0.15, 0.2) is 0 Å². The molecule has 0 aliphatic carbocycles. The Morgan fingerprint density at radius 3 is 1.70 bits per heavy atom. The number of ether oxygens (including phenoxy) is 5. The van der Waals surface area contributed by atoms with Gasteiger partial charge in [-0.25, -0.2) is 24.4 Å². The second-order valence-electron chi connectivity index (χ2n) is 14.4. The van der Waals surface area contributed by atoms with Crippen LogP contribution in [0.5, 0.6) is 11.5 Å². The second-order valence-corrected chi connectivity index (χ2v) is 15.3. The number of anilines is 2. The summed E-state index contributed by atoms with van der Waals surface area (Å²) >= 11 is 3.34. The fourth-order valence-electron chi connectivity index (χ4n) is 4.11. The summed E-state index contributed by atoms with van der Waals surface area (Å²) in [5.74, 6) is 2.03. The van der Waals surface area contributed by atoms with Crippen LogP contribution in [0.2, 0.25) is 0 Å². The summed E-state index contributed by atoms with van der Waals surface area (Å²) in [5.41, 5.74) is 0.233. The molecule has 0 saturated carbocycles. The normalized spacial score (nSPS) is 13.2. The molecule has 0 saturated heterocycles. The van der Waals surface area contributed by atoms with Crippen molar-refractivity contribution >= 4 is 51.4 Å². The molecule has 1 aliphatic heterocycles. The van der Waals surface area contributed by atoms with Gasteiger partial charge in [0, 0.05) is 43.2 Å². The highest BCUT2D eigenvalue weighted by molar-refractivity contribution is 9.10. The van der Waals surface area contributed by atoms with Gasteiger partial charge in [0.05, 0.1) is 17.7 Å². The Hall–Kier alpha value is -4.07. The molecule has 0 spiro atoms. The molecular formula is C36H54BrN5O8. The molecule has 2 aromatic heterocycles. The van der Waals surface area contributed by atoms with E-state index in [-0.39, 0.29) is 6.09 Å². The first-order valence-corrected chi connectivity index (χ1v) is 17.6. The average Bonchev–Trinajstić information content (AvgIpc) is 2.98. The molecular weight excluding hydrogens is 710 g/mol. The number of halogens is 1. The first-order valence-electron chi connectivity index (χ1n) is 16.8. The van der Waals surface area contributed by atoms with Crippen LogP contribution in [0.3, 0.4) is 0 Å². The summed E-state index contributed by atoms with van der Waals surface area (Å²) in [6, 6.07) is 3.36. The van der Waals surface area contributed by atoms with Crippen molar-refractivity contribution in [3.05, 3.63) is 40.6 Å². The molecule has 0 bridgehead atoms. The Morgan fingerprint density at radius 1 is 0.760 bits per heavy atom. The molecule has 3 amide bonds. The smallest absolute Gasteiger partial charge is 0.413 e. The van der Waals surface area contributed by atoms with E-state index in [1.165, 1.54) is 0 Å². The van der Waals surface area contributed by atoms with Crippen LogP contribution in [-0.4, -0.2) is 76.3 Å². The number of nitrogens with one attached hydrogen (secondary N) is 2. The molecule has 50 heavy (non-hydrogen) atoms. The lowest BCUT2D eigenvalue weighted by molar-refractivity contribution is 0.0270. The molecule has 0 fully saturated rings. The summed E-state index contributed by atoms with van der Waals surface area (Å²) < 4.78 is 28.1. The minimum absolute atomic E-state index is 0.319. The van der Waals surface area contributed by atoms with E-state index in [2.05, 4.69) is 36.5 Å². The Bertz CT molecular complexity index is 1480. The first kappa shape index (κ1) is 42.1. The minimum Gasteiger partial charge on any atom is -0.493 e. The summed E-state index contributed by atoms with van der Waals surface area (Å²) in [4.78, 5) is 46.1. The lowest BCUT2D eigenvalue weighted by Gasteiger charge is -2.30. The van der Waals surface area contributed by atoms with E-state index in [0.717, 1.165) is 28.5 Å². The topological polar surface area (TPSA) is 150 Å². The fourth-order valence-corrected chi connectivity index (χ4v) is 4.44. The SMILES string of the molecule is CCCOc1cc(NC(=O)OC(C)(C)C)ncc1Br.CCCOc1cc(NC(=O)OC(C)(C)C)ncc1C1=CCN(C(=O)OC(C)(C)C)CC1. The summed E-state index contributed by atoms with van der Waals surface area (Å²) in [5, 5.41) is 5.22. The number of hydrogen-bond acceptors (Lipinski definition) is 10. The number of hydrogen-bond donors (Lipinski definition) is 2. The van der Waals surface area contributed by atoms with Gasteiger partial charge >= 0.3 is 18.3 Å². The highest BCUT2D eigenvalue weighted by atomic mass is 79.9. The van der Waals surface area contributed by atoms with Crippen LogP contribution in [-0.2, 0) is 14.2 Å². The first-order chi connectivity index (χ1) is 23.2. The molecule has 278 valence electrons. The summed E-state index contributed by atoms with van der Waals surface area (Å²) in [6.45, 7) is 22.6. The van der Waals surface area contributed by atoms with Crippen LogP contribution in [0.1, 0.15) is 101 Å². The van der Waals surface area contributed by atoms with Gasteiger partial charge in [-0.15, -0.1) is 0 Å². The fraction of sp³-hybridized carbons (Fsp3) is 0.583. The van der Waals surface area contributed by atoms with Crippen molar-refractivity contribution < 1.29 is 38.1 Å². The van der Waals surface area contributed by atoms with Crippen LogP contribution in [0.25, 0.3) is 5.57 Å². The minimum atomic E-state index is -0.599. The van der Waals surface area contributed by atoms with Crippen LogP contribution < -0.4 is 20.1 Å². The molecule has 0 atom stereocenters. The molecule has 0 aromatic carbocycles. The maximum absolute atomic E-state index is 12.3. The van der Waals surface area contributed by atoms with E-state index in [4.69, 9.17) is 23.7 Å². The molecule has 2 N–H and O–H groups in total. The number of rotatable bonds is 9. The maximum atomic E-state index is 12.3. The molecule has 13 nitrogen and oxygen atoms in total. The predicted molar refractivity (Wildman–Crippen MR) is 198 cm³/mol. The Kier molecular flexibility index (Phi) is 15.8. The Morgan fingerprint density at radius 2 is 1.24 bits per heavy atom. The molecule has 2 aromatic rings. The van der Waals surface area contributed by atoms with Gasteiger partial charge < -0.3 is 28.6 Å². The van der Waals surface area contributed by atoms with Gasteiger partial charge in [-0.3, -0.25) is 10.6 Å². The lowest BCUT2D eigenvalue weighted by Crippen LogP contribution is -2.39. The van der Waals surface area contributed by atoms with Gasteiger partial charge in [-0.1, -0.05) is 19.9 Å². The van der Waals surface area contributed by atoms with Crippen LogP contribution in [0.4, 0.5) is 26.0 Å². The van der Waals surface area contributed by atoms with Gasteiger partial charge in [-0.2, -0.15) is 0 Å². The Labute approximate surface area is 305 Å².